The molecule has 0 radical (unpaired) electrons. The lowest BCUT2D eigenvalue weighted by Gasteiger charge is -2.35. The molecule has 1 saturated heterocycles. The van der Waals surface area contributed by atoms with Gasteiger partial charge >= 0.3 is 12.7 Å². The smallest absolute Gasteiger partial charge is 0.409 e. The van der Waals surface area contributed by atoms with E-state index in [0.717, 1.165) is 5.56 Å². The molecule has 0 spiro atoms. The Morgan fingerprint density at radius 1 is 1.21 bits per heavy atom. The van der Waals surface area contributed by atoms with Gasteiger partial charge in [0.05, 0.1) is 13.7 Å². The molecule has 10 heteroatoms. The molecule has 8 nitrogen and oxygen atoms in total. The van der Waals surface area contributed by atoms with E-state index in [0.29, 0.717) is 45.3 Å². The molecule has 0 saturated carbocycles. The molecule has 1 heterocycles. The Morgan fingerprint density at radius 3 is 2.46 bits per heavy atom. The molecule has 0 aliphatic carbocycles. The number of rotatable bonds is 6. The first-order valence-electron chi connectivity index (χ1n) is 8.97. The van der Waals surface area contributed by atoms with Gasteiger partial charge in [0.15, 0.2) is 17.5 Å². The quantitative estimate of drug-likeness (QED) is 0.583. The second-order valence-corrected chi connectivity index (χ2v) is 5.94. The third-order valence-corrected chi connectivity index (χ3v) is 4.21. The van der Waals surface area contributed by atoms with E-state index in [-0.39, 0.29) is 17.6 Å². The minimum Gasteiger partial charge on any atom is -0.493 e. The number of ether oxygens (including phenoxy) is 3. The van der Waals surface area contributed by atoms with Gasteiger partial charge in [-0.1, -0.05) is 6.07 Å². The Balaban J connectivity index is 1.93. The van der Waals surface area contributed by atoms with Gasteiger partial charge in [-0.2, -0.15) is 8.78 Å². The molecule has 28 heavy (non-hydrogen) atoms. The number of aliphatic imine (C=N–C) groups is 1. The van der Waals surface area contributed by atoms with Gasteiger partial charge in [-0.25, -0.2) is 4.79 Å². The number of guanidine groups is 1. The zero-order valence-electron chi connectivity index (χ0n) is 16.3. The van der Waals surface area contributed by atoms with Gasteiger partial charge in [-0.15, -0.1) is 0 Å². The Bertz CT molecular complexity index is 680. The lowest BCUT2D eigenvalue weighted by Crippen LogP contribution is -2.53. The van der Waals surface area contributed by atoms with E-state index in [1.54, 1.807) is 31.0 Å². The van der Waals surface area contributed by atoms with E-state index >= 15 is 0 Å². The van der Waals surface area contributed by atoms with Crippen LogP contribution < -0.4 is 14.8 Å². The van der Waals surface area contributed by atoms with Crippen LogP contribution in [0.4, 0.5) is 13.6 Å². The lowest BCUT2D eigenvalue weighted by molar-refractivity contribution is -0.0512. The predicted octanol–water partition coefficient (Wildman–Crippen LogP) is 2.15. The van der Waals surface area contributed by atoms with Crippen LogP contribution in [-0.4, -0.2) is 75.4 Å². The van der Waals surface area contributed by atoms with Crippen LogP contribution in [0.2, 0.25) is 0 Å². The van der Waals surface area contributed by atoms with Crippen LogP contribution in [0.5, 0.6) is 11.5 Å². The molecule has 1 aromatic carbocycles. The minimum absolute atomic E-state index is 0.0187. The first kappa shape index (κ1) is 21.5. The molecule has 0 aromatic heterocycles. The summed E-state index contributed by atoms with van der Waals surface area (Å²) < 4.78 is 39.7. The van der Waals surface area contributed by atoms with Gasteiger partial charge in [-0.05, 0) is 24.6 Å². The Kier molecular flexibility index (Phi) is 8.09. The maximum Gasteiger partial charge on any atom is 0.409 e. The normalized spacial score (nSPS) is 14.9. The lowest BCUT2D eigenvalue weighted by atomic mass is 10.2. The summed E-state index contributed by atoms with van der Waals surface area (Å²) in [5, 5.41) is 3.20. The highest BCUT2D eigenvalue weighted by atomic mass is 19.3. The average Bonchev–Trinajstić information content (AvgIpc) is 2.69. The third-order valence-electron chi connectivity index (χ3n) is 4.21. The van der Waals surface area contributed by atoms with E-state index in [4.69, 9.17) is 9.47 Å². The van der Waals surface area contributed by atoms with E-state index in [1.807, 2.05) is 4.90 Å². The molecular weight excluding hydrogens is 374 g/mol. The number of methoxy groups -OCH3 is 1. The maximum absolute atomic E-state index is 12.6. The monoisotopic (exact) mass is 400 g/mol. The van der Waals surface area contributed by atoms with Crippen molar-refractivity contribution in [1.82, 2.24) is 15.1 Å². The van der Waals surface area contributed by atoms with E-state index in [9.17, 15) is 13.6 Å². The summed E-state index contributed by atoms with van der Waals surface area (Å²) in [4.78, 5) is 19.7. The molecule has 1 aliphatic rings. The molecule has 1 aliphatic heterocycles. The van der Waals surface area contributed by atoms with Crippen molar-refractivity contribution in [2.24, 2.45) is 4.99 Å². The number of alkyl halides is 2. The molecular formula is C18H26F2N4O4. The summed E-state index contributed by atoms with van der Waals surface area (Å²) >= 11 is 0. The highest BCUT2D eigenvalue weighted by molar-refractivity contribution is 5.80. The summed E-state index contributed by atoms with van der Waals surface area (Å²) in [7, 11) is 3.06. The molecule has 1 N–H and O–H groups in total. The van der Waals surface area contributed by atoms with E-state index < -0.39 is 6.61 Å². The van der Waals surface area contributed by atoms with Gasteiger partial charge in [-0.3, -0.25) is 4.99 Å². The first-order chi connectivity index (χ1) is 13.5. The van der Waals surface area contributed by atoms with Crippen LogP contribution in [0.15, 0.2) is 23.2 Å². The third kappa shape index (κ3) is 5.86. The SMILES string of the molecule is CCOC(=O)N1CCN(C(=NC)NCc2ccc(OC)c(OC(F)F)c2)CC1. The summed E-state index contributed by atoms with van der Waals surface area (Å²) in [5.74, 6) is 0.883. The summed E-state index contributed by atoms with van der Waals surface area (Å²) in [6, 6.07) is 4.84. The van der Waals surface area contributed by atoms with Crippen molar-refractivity contribution in [3.8, 4) is 11.5 Å². The van der Waals surface area contributed by atoms with Crippen molar-refractivity contribution in [3.63, 3.8) is 0 Å². The molecule has 1 aromatic rings. The summed E-state index contributed by atoms with van der Waals surface area (Å²) in [6.07, 6.45) is -0.310. The second kappa shape index (κ2) is 10.5. The van der Waals surface area contributed by atoms with E-state index in [2.05, 4.69) is 15.0 Å². The standard InChI is InChI=1S/C18H26F2N4O4/c1-4-27-18(25)24-9-7-23(8-10-24)17(21-2)22-12-13-5-6-14(26-3)15(11-13)28-16(19)20/h5-6,11,16H,4,7-10,12H2,1-3H3,(H,21,22). The van der Waals surface area contributed by atoms with Crippen LogP contribution in [-0.2, 0) is 11.3 Å². The minimum atomic E-state index is -2.93. The highest BCUT2D eigenvalue weighted by Crippen LogP contribution is 2.29. The fourth-order valence-corrected chi connectivity index (χ4v) is 2.85. The van der Waals surface area contributed by atoms with Crippen LogP contribution in [0.1, 0.15) is 12.5 Å². The number of hydrogen-bond donors (Lipinski definition) is 1. The number of carbonyl (C=O) groups is 1. The van der Waals surface area contributed by atoms with Crippen molar-refractivity contribution in [2.45, 2.75) is 20.1 Å². The van der Waals surface area contributed by atoms with Gasteiger partial charge < -0.3 is 29.3 Å². The zero-order chi connectivity index (χ0) is 20.5. The molecule has 0 bridgehead atoms. The van der Waals surface area contributed by atoms with Crippen molar-refractivity contribution in [1.29, 1.82) is 0 Å². The number of carbonyl (C=O) groups excluding carboxylic acids is 1. The van der Waals surface area contributed by atoms with Gasteiger partial charge in [0.1, 0.15) is 0 Å². The number of halogens is 2. The fourth-order valence-electron chi connectivity index (χ4n) is 2.85. The average molecular weight is 400 g/mol. The number of hydrogen-bond acceptors (Lipinski definition) is 5. The topological polar surface area (TPSA) is 75.6 Å². The van der Waals surface area contributed by atoms with Crippen molar-refractivity contribution >= 4 is 12.1 Å². The van der Waals surface area contributed by atoms with Crippen molar-refractivity contribution in [2.75, 3.05) is 46.9 Å². The first-order valence-corrected chi connectivity index (χ1v) is 8.97. The zero-order valence-corrected chi connectivity index (χ0v) is 16.3. The highest BCUT2D eigenvalue weighted by Gasteiger charge is 2.23. The van der Waals surface area contributed by atoms with Crippen LogP contribution in [0.25, 0.3) is 0 Å². The number of amides is 1. The molecule has 1 amide bonds. The number of nitrogens with one attached hydrogen (secondary N) is 1. The maximum atomic E-state index is 12.6. The summed E-state index contributed by atoms with van der Waals surface area (Å²) in [5.41, 5.74) is 0.739. The number of piperazine rings is 1. The van der Waals surface area contributed by atoms with Crippen LogP contribution in [0, 0.1) is 0 Å². The Labute approximate surface area is 163 Å². The summed E-state index contributed by atoms with van der Waals surface area (Å²) in [6.45, 7) is 1.86. The Hall–Kier alpha value is -2.78. The van der Waals surface area contributed by atoms with Crippen LogP contribution in [0.3, 0.4) is 0 Å². The van der Waals surface area contributed by atoms with Gasteiger partial charge in [0.2, 0.25) is 0 Å². The van der Waals surface area contributed by atoms with Gasteiger partial charge in [0.25, 0.3) is 0 Å². The predicted molar refractivity (Wildman–Crippen MR) is 100.0 cm³/mol. The van der Waals surface area contributed by atoms with Gasteiger partial charge in [0, 0.05) is 39.8 Å². The molecule has 2 rings (SSSR count). The van der Waals surface area contributed by atoms with Crippen molar-refractivity contribution < 1.29 is 27.8 Å². The number of benzene rings is 1. The molecule has 0 unspecified atom stereocenters. The molecule has 156 valence electrons. The van der Waals surface area contributed by atoms with Crippen molar-refractivity contribution in [3.05, 3.63) is 23.8 Å². The largest absolute Gasteiger partial charge is 0.493 e. The molecule has 0 atom stereocenters. The molecule has 1 fully saturated rings. The number of nitrogens with zero attached hydrogens (tertiary/aromatic N) is 3. The van der Waals surface area contributed by atoms with Crippen LogP contribution >= 0.6 is 0 Å². The fraction of sp³-hybridized carbons (Fsp3) is 0.556. The second-order valence-electron chi connectivity index (χ2n) is 5.94. The Morgan fingerprint density at radius 2 is 1.89 bits per heavy atom. The van der Waals surface area contributed by atoms with E-state index in [1.165, 1.54) is 13.2 Å².